The van der Waals surface area contributed by atoms with Crippen molar-refractivity contribution in [1.82, 2.24) is 40.3 Å². The SMILES string of the molecule is O=C(OC(c1ccccc1)c1ccc2nc(-c3n[nH]c4ccccc34)[nH]c2c1)c1ccc2nc(-c3n[nH]c4ccccc34)[nH]c2c1. The number of carbonyl (C=O) groups excluding carboxylic acids is 1. The van der Waals surface area contributed by atoms with Crippen molar-refractivity contribution in [2.75, 3.05) is 0 Å². The third kappa shape index (κ3) is 4.31. The van der Waals surface area contributed by atoms with Crippen LogP contribution in [0.5, 0.6) is 0 Å². The summed E-state index contributed by atoms with van der Waals surface area (Å²) in [5.74, 6) is 0.827. The molecule has 1 atom stereocenters. The van der Waals surface area contributed by atoms with Crippen LogP contribution in [-0.2, 0) is 4.74 Å². The van der Waals surface area contributed by atoms with E-state index in [9.17, 15) is 4.79 Å². The van der Waals surface area contributed by atoms with E-state index < -0.39 is 12.1 Å². The van der Waals surface area contributed by atoms with Crippen LogP contribution in [0, 0.1) is 0 Å². The summed E-state index contributed by atoms with van der Waals surface area (Å²) in [5, 5.41) is 17.0. The van der Waals surface area contributed by atoms with E-state index in [0.717, 1.165) is 60.9 Å². The lowest BCUT2D eigenvalue weighted by Gasteiger charge is -2.19. The number of carbonyl (C=O) groups is 1. The van der Waals surface area contributed by atoms with Gasteiger partial charge in [-0.05, 0) is 53.6 Å². The van der Waals surface area contributed by atoms with Crippen LogP contribution in [-0.4, -0.2) is 46.3 Å². The Hall–Kier alpha value is -6.55. The second kappa shape index (κ2) is 10.3. The number of rotatable bonds is 6. The number of aromatic amines is 4. The summed E-state index contributed by atoms with van der Waals surface area (Å²) in [6.07, 6.45) is -0.653. The molecule has 0 aliphatic rings. The lowest BCUT2D eigenvalue weighted by Crippen LogP contribution is -2.13. The molecule has 0 bridgehead atoms. The van der Waals surface area contributed by atoms with E-state index in [-0.39, 0.29) is 0 Å². The van der Waals surface area contributed by atoms with E-state index in [4.69, 9.17) is 14.7 Å². The summed E-state index contributed by atoms with van der Waals surface area (Å²) < 4.78 is 6.24. The summed E-state index contributed by atoms with van der Waals surface area (Å²) in [6, 6.07) is 36.7. The summed E-state index contributed by atoms with van der Waals surface area (Å²) in [7, 11) is 0. The molecule has 0 aliphatic carbocycles. The molecular weight excluding hydrogens is 576 g/mol. The number of hydrogen-bond donors (Lipinski definition) is 4. The first-order valence-electron chi connectivity index (χ1n) is 14.8. The van der Waals surface area contributed by atoms with Crippen molar-refractivity contribution in [2.24, 2.45) is 0 Å². The van der Waals surface area contributed by atoms with Gasteiger partial charge in [0.2, 0.25) is 0 Å². The average Bonchev–Trinajstić information content (AvgIpc) is 3.90. The van der Waals surface area contributed by atoms with Crippen molar-refractivity contribution >= 4 is 49.8 Å². The summed E-state index contributed by atoms with van der Waals surface area (Å²) in [5.41, 5.74) is 8.44. The molecule has 0 aliphatic heterocycles. The van der Waals surface area contributed by atoms with Gasteiger partial charge in [-0.25, -0.2) is 14.8 Å². The maximum Gasteiger partial charge on any atom is 0.339 e. The van der Waals surface area contributed by atoms with Crippen LogP contribution in [0.2, 0.25) is 0 Å². The van der Waals surface area contributed by atoms with Crippen molar-refractivity contribution in [1.29, 1.82) is 0 Å². The van der Waals surface area contributed by atoms with Gasteiger partial charge in [-0.2, -0.15) is 10.2 Å². The van der Waals surface area contributed by atoms with E-state index in [2.05, 4.69) is 30.4 Å². The molecule has 4 aromatic heterocycles. The van der Waals surface area contributed by atoms with Gasteiger partial charge >= 0.3 is 5.97 Å². The highest BCUT2D eigenvalue weighted by atomic mass is 16.5. The first kappa shape index (κ1) is 25.9. The standard InChI is InChI=1S/C36H24N8O2/c45-36(22-15-17-28-30(19-22)40-35(38-28)32-24-11-5-7-13-26(24)42-44-32)46-33(20-8-2-1-3-9-20)21-14-16-27-29(18-21)39-34(37-27)31-23-10-4-6-12-25(23)41-43-31/h1-19,33H,(H,37,39)(H,38,40)(H,41,43)(H,42,44). The van der Waals surface area contributed by atoms with Crippen molar-refractivity contribution in [3.63, 3.8) is 0 Å². The number of para-hydroxylation sites is 2. The van der Waals surface area contributed by atoms with Gasteiger partial charge in [-0.15, -0.1) is 0 Å². The van der Waals surface area contributed by atoms with Crippen molar-refractivity contribution in [3.8, 4) is 23.0 Å². The van der Waals surface area contributed by atoms with Crippen LogP contribution in [0.3, 0.4) is 0 Å². The molecule has 0 saturated heterocycles. The second-order valence-electron chi connectivity index (χ2n) is 11.1. The number of imidazole rings is 2. The molecule has 0 amide bonds. The van der Waals surface area contributed by atoms with Gasteiger partial charge < -0.3 is 14.7 Å². The number of hydrogen-bond acceptors (Lipinski definition) is 6. The number of H-pyrrole nitrogens is 4. The minimum atomic E-state index is -0.653. The largest absolute Gasteiger partial charge is 0.449 e. The molecule has 9 aromatic rings. The zero-order valence-electron chi connectivity index (χ0n) is 24.2. The number of esters is 1. The molecule has 4 heterocycles. The van der Waals surface area contributed by atoms with E-state index >= 15 is 0 Å². The number of nitrogens with zero attached hydrogens (tertiary/aromatic N) is 4. The number of benzene rings is 5. The Kier molecular flexibility index (Phi) is 5.79. The van der Waals surface area contributed by atoms with Gasteiger partial charge in [-0.1, -0.05) is 72.8 Å². The van der Waals surface area contributed by atoms with Crippen LogP contribution >= 0.6 is 0 Å². The van der Waals surface area contributed by atoms with E-state index in [0.29, 0.717) is 22.7 Å². The summed E-state index contributed by atoms with van der Waals surface area (Å²) >= 11 is 0. The molecule has 46 heavy (non-hydrogen) atoms. The monoisotopic (exact) mass is 600 g/mol. The van der Waals surface area contributed by atoms with Crippen LogP contribution in [0.15, 0.2) is 115 Å². The van der Waals surface area contributed by atoms with Gasteiger partial charge in [0.15, 0.2) is 17.8 Å². The minimum Gasteiger partial charge on any atom is -0.449 e. The molecule has 220 valence electrons. The zero-order valence-corrected chi connectivity index (χ0v) is 24.2. The predicted octanol–water partition coefficient (Wildman–Crippen LogP) is 7.47. The molecule has 4 N–H and O–H groups in total. The molecule has 1 unspecified atom stereocenters. The molecule has 5 aromatic carbocycles. The van der Waals surface area contributed by atoms with Crippen LogP contribution in [0.25, 0.3) is 66.9 Å². The molecule has 0 radical (unpaired) electrons. The summed E-state index contributed by atoms with van der Waals surface area (Å²) in [4.78, 5) is 30.0. The Morgan fingerprint density at radius 3 is 1.78 bits per heavy atom. The third-order valence-electron chi connectivity index (χ3n) is 8.24. The number of fused-ring (bicyclic) bond motifs is 4. The van der Waals surface area contributed by atoms with Crippen LogP contribution in [0.4, 0.5) is 0 Å². The fourth-order valence-electron chi connectivity index (χ4n) is 5.97. The predicted molar refractivity (Wildman–Crippen MR) is 176 cm³/mol. The Morgan fingerprint density at radius 1 is 0.565 bits per heavy atom. The normalized spacial score (nSPS) is 12.3. The van der Waals surface area contributed by atoms with Gasteiger partial charge in [-0.3, -0.25) is 10.2 Å². The smallest absolute Gasteiger partial charge is 0.339 e. The fourth-order valence-corrected chi connectivity index (χ4v) is 5.97. The first-order valence-corrected chi connectivity index (χ1v) is 14.8. The zero-order chi connectivity index (χ0) is 30.6. The van der Waals surface area contributed by atoms with Gasteiger partial charge in [0, 0.05) is 10.8 Å². The first-order chi connectivity index (χ1) is 22.7. The molecule has 0 spiro atoms. The highest BCUT2D eigenvalue weighted by Gasteiger charge is 2.23. The topological polar surface area (TPSA) is 141 Å². The lowest BCUT2D eigenvalue weighted by atomic mass is 10.0. The number of ether oxygens (including phenoxy) is 1. The van der Waals surface area contributed by atoms with E-state index in [1.54, 1.807) is 12.1 Å². The molecule has 10 nitrogen and oxygen atoms in total. The molecule has 10 heteroatoms. The van der Waals surface area contributed by atoms with Gasteiger partial charge in [0.05, 0.1) is 38.7 Å². The van der Waals surface area contributed by atoms with Crippen molar-refractivity contribution in [3.05, 3.63) is 132 Å². The molecule has 0 saturated carbocycles. The Balaban J connectivity index is 1.05. The number of aromatic nitrogens is 8. The second-order valence-corrected chi connectivity index (χ2v) is 11.1. The lowest BCUT2D eigenvalue weighted by molar-refractivity contribution is 0.0378. The minimum absolute atomic E-state index is 0.408. The highest BCUT2D eigenvalue weighted by Crippen LogP contribution is 2.32. The quantitative estimate of drug-likeness (QED) is 0.146. The summed E-state index contributed by atoms with van der Waals surface area (Å²) in [6.45, 7) is 0. The average molecular weight is 601 g/mol. The third-order valence-corrected chi connectivity index (χ3v) is 8.24. The highest BCUT2D eigenvalue weighted by molar-refractivity contribution is 5.97. The number of nitrogens with one attached hydrogen (secondary N) is 4. The fraction of sp³-hybridized carbons (Fsp3) is 0.0278. The van der Waals surface area contributed by atoms with Crippen molar-refractivity contribution in [2.45, 2.75) is 6.10 Å². The van der Waals surface area contributed by atoms with Gasteiger partial charge in [0.25, 0.3) is 0 Å². The van der Waals surface area contributed by atoms with E-state index in [1.807, 2.05) is 103 Å². The molecule has 0 fully saturated rings. The van der Waals surface area contributed by atoms with E-state index in [1.165, 1.54) is 0 Å². The molecular formula is C36H24N8O2. The Bertz CT molecular complexity index is 2560. The maximum atomic E-state index is 13.7. The Labute approximate surface area is 260 Å². The molecule has 9 rings (SSSR count). The Morgan fingerprint density at radius 2 is 1.13 bits per heavy atom. The van der Waals surface area contributed by atoms with Crippen LogP contribution < -0.4 is 0 Å². The van der Waals surface area contributed by atoms with Crippen molar-refractivity contribution < 1.29 is 9.53 Å². The van der Waals surface area contributed by atoms with Crippen LogP contribution in [0.1, 0.15) is 27.6 Å². The van der Waals surface area contributed by atoms with Gasteiger partial charge in [0.1, 0.15) is 11.4 Å². The maximum absolute atomic E-state index is 13.7.